The second-order valence-corrected chi connectivity index (χ2v) is 8.76. The van der Waals surface area contributed by atoms with E-state index in [0.717, 1.165) is 32.1 Å². The molecule has 5 nitrogen and oxygen atoms in total. The third kappa shape index (κ3) is 20.9. The Morgan fingerprint density at radius 3 is 1.89 bits per heavy atom. The zero-order chi connectivity index (χ0) is 20.5. The van der Waals surface area contributed by atoms with Crippen LogP contribution in [0.2, 0.25) is 0 Å². The number of amides is 1. The lowest BCUT2D eigenvalue weighted by Crippen LogP contribution is -2.32. The molecule has 0 unspecified atom stereocenters. The van der Waals surface area contributed by atoms with Crippen LogP contribution >= 0.6 is 0 Å². The van der Waals surface area contributed by atoms with Gasteiger partial charge in [0, 0.05) is 13.0 Å². The molecule has 0 aromatic rings. The van der Waals surface area contributed by atoms with Crippen LogP contribution in [0.25, 0.3) is 0 Å². The fourth-order valence-corrected chi connectivity index (χ4v) is 2.62. The summed E-state index contributed by atoms with van der Waals surface area (Å²) in [6.07, 6.45) is 11.5. The molecule has 1 N–H and O–H groups in total. The number of carbonyl (C=O) groups excluding carboxylic acids is 2. The first-order valence-corrected chi connectivity index (χ1v) is 10.8. The number of esters is 1. The van der Waals surface area contributed by atoms with Crippen molar-refractivity contribution in [2.75, 3.05) is 13.2 Å². The van der Waals surface area contributed by atoms with E-state index in [1.165, 1.54) is 32.1 Å². The SMILES string of the molecule is CC(C)CCOC(=O)CCCCCCCCCCCNC(=O)OC(C)(C)C. The first-order chi connectivity index (χ1) is 12.7. The average molecular weight is 386 g/mol. The molecule has 0 aliphatic rings. The van der Waals surface area contributed by atoms with Gasteiger partial charge >= 0.3 is 12.1 Å². The standard InChI is InChI=1S/C22H43NO4/c1-19(2)16-18-26-20(24)15-13-11-9-7-6-8-10-12-14-17-23-21(25)27-22(3,4)5/h19H,6-18H2,1-5H3,(H,23,25). The van der Waals surface area contributed by atoms with Gasteiger partial charge in [-0.05, 0) is 46.0 Å². The van der Waals surface area contributed by atoms with Gasteiger partial charge in [-0.25, -0.2) is 4.79 Å². The molecule has 0 rings (SSSR count). The summed E-state index contributed by atoms with van der Waals surface area (Å²) < 4.78 is 10.4. The quantitative estimate of drug-likeness (QED) is 0.277. The second-order valence-electron chi connectivity index (χ2n) is 8.76. The molecule has 0 bridgehead atoms. The van der Waals surface area contributed by atoms with Crippen LogP contribution in [0.4, 0.5) is 4.79 Å². The molecule has 27 heavy (non-hydrogen) atoms. The lowest BCUT2D eigenvalue weighted by atomic mass is 10.1. The highest BCUT2D eigenvalue weighted by Gasteiger charge is 2.15. The van der Waals surface area contributed by atoms with Crippen LogP contribution in [0.5, 0.6) is 0 Å². The zero-order valence-corrected chi connectivity index (χ0v) is 18.4. The number of carbonyl (C=O) groups is 2. The summed E-state index contributed by atoms with van der Waals surface area (Å²) in [4.78, 5) is 23.0. The van der Waals surface area contributed by atoms with Crippen LogP contribution in [0, 0.1) is 5.92 Å². The lowest BCUT2D eigenvalue weighted by molar-refractivity contribution is -0.144. The van der Waals surface area contributed by atoms with E-state index in [1.807, 2.05) is 20.8 Å². The Labute approximate surface area is 167 Å². The minimum absolute atomic E-state index is 0.0457. The van der Waals surface area contributed by atoms with Gasteiger partial charge < -0.3 is 14.8 Å². The first kappa shape index (κ1) is 25.7. The molecule has 0 saturated carbocycles. The Hall–Kier alpha value is -1.26. The largest absolute Gasteiger partial charge is 0.466 e. The highest BCUT2D eigenvalue weighted by atomic mass is 16.6. The molecular weight excluding hydrogens is 342 g/mol. The molecule has 0 atom stereocenters. The van der Waals surface area contributed by atoms with E-state index in [4.69, 9.17) is 9.47 Å². The Morgan fingerprint density at radius 1 is 0.852 bits per heavy atom. The zero-order valence-electron chi connectivity index (χ0n) is 18.4. The van der Waals surface area contributed by atoms with E-state index in [1.54, 1.807) is 0 Å². The maximum atomic E-state index is 11.5. The van der Waals surface area contributed by atoms with Crippen LogP contribution in [0.1, 0.15) is 105 Å². The summed E-state index contributed by atoms with van der Waals surface area (Å²) in [5.41, 5.74) is -0.432. The van der Waals surface area contributed by atoms with E-state index >= 15 is 0 Å². The van der Waals surface area contributed by atoms with Crippen LogP contribution < -0.4 is 5.32 Å². The fourth-order valence-electron chi connectivity index (χ4n) is 2.62. The number of alkyl carbamates (subject to hydrolysis) is 1. The summed E-state index contributed by atoms with van der Waals surface area (Å²) in [6.45, 7) is 11.1. The third-order valence-electron chi connectivity index (χ3n) is 4.18. The van der Waals surface area contributed by atoms with Gasteiger partial charge in [-0.3, -0.25) is 4.79 Å². The Kier molecular flexibility index (Phi) is 15.0. The van der Waals surface area contributed by atoms with Gasteiger partial charge in [-0.2, -0.15) is 0 Å². The van der Waals surface area contributed by atoms with Gasteiger partial charge in [0.15, 0.2) is 0 Å². The molecule has 0 aromatic carbocycles. The molecule has 0 spiro atoms. The molecule has 0 aromatic heterocycles. The fraction of sp³-hybridized carbons (Fsp3) is 0.909. The lowest BCUT2D eigenvalue weighted by Gasteiger charge is -2.19. The number of ether oxygens (including phenoxy) is 2. The molecule has 0 heterocycles. The van der Waals surface area contributed by atoms with Gasteiger partial charge in [-0.15, -0.1) is 0 Å². The van der Waals surface area contributed by atoms with Crippen molar-refractivity contribution in [1.82, 2.24) is 5.32 Å². The molecule has 160 valence electrons. The first-order valence-electron chi connectivity index (χ1n) is 10.8. The van der Waals surface area contributed by atoms with E-state index in [0.29, 0.717) is 25.5 Å². The van der Waals surface area contributed by atoms with Crippen molar-refractivity contribution in [1.29, 1.82) is 0 Å². The smallest absolute Gasteiger partial charge is 0.407 e. The topological polar surface area (TPSA) is 64.6 Å². The van der Waals surface area contributed by atoms with Crippen LogP contribution in [0.3, 0.4) is 0 Å². The predicted octanol–water partition coefficient (Wildman–Crippen LogP) is 6.00. The summed E-state index contributed by atoms with van der Waals surface area (Å²) >= 11 is 0. The predicted molar refractivity (Wildman–Crippen MR) is 111 cm³/mol. The molecule has 0 radical (unpaired) electrons. The number of unbranched alkanes of at least 4 members (excludes halogenated alkanes) is 8. The van der Waals surface area contributed by atoms with Crippen molar-refractivity contribution in [3.05, 3.63) is 0 Å². The molecule has 0 aliphatic heterocycles. The monoisotopic (exact) mass is 385 g/mol. The van der Waals surface area contributed by atoms with Crippen LogP contribution in [-0.2, 0) is 14.3 Å². The molecule has 0 aliphatic carbocycles. The number of nitrogens with one attached hydrogen (secondary N) is 1. The molecule has 1 amide bonds. The van der Waals surface area contributed by atoms with Crippen molar-refractivity contribution < 1.29 is 19.1 Å². The average Bonchev–Trinajstić information content (AvgIpc) is 2.53. The van der Waals surface area contributed by atoms with Gasteiger partial charge in [0.05, 0.1) is 6.61 Å². The Morgan fingerprint density at radius 2 is 1.37 bits per heavy atom. The number of rotatable bonds is 15. The second kappa shape index (κ2) is 15.8. The normalized spacial score (nSPS) is 11.5. The van der Waals surface area contributed by atoms with Crippen molar-refractivity contribution in [2.24, 2.45) is 5.92 Å². The summed E-state index contributed by atoms with van der Waals surface area (Å²) in [6, 6.07) is 0. The van der Waals surface area contributed by atoms with E-state index in [9.17, 15) is 9.59 Å². The molecule has 0 saturated heterocycles. The van der Waals surface area contributed by atoms with Gasteiger partial charge in [-0.1, -0.05) is 58.8 Å². The van der Waals surface area contributed by atoms with Crippen LogP contribution in [-0.4, -0.2) is 30.8 Å². The summed E-state index contributed by atoms with van der Waals surface area (Å²) in [7, 11) is 0. The van der Waals surface area contributed by atoms with Gasteiger partial charge in [0.1, 0.15) is 5.60 Å². The number of hydrogen-bond donors (Lipinski definition) is 1. The maximum Gasteiger partial charge on any atom is 0.407 e. The summed E-state index contributed by atoms with van der Waals surface area (Å²) in [5.74, 6) is 0.537. The minimum atomic E-state index is -0.432. The highest BCUT2D eigenvalue weighted by molar-refractivity contribution is 5.69. The number of hydrogen-bond acceptors (Lipinski definition) is 4. The maximum absolute atomic E-state index is 11.5. The van der Waals surface area contributed by atoms with Crippen molar-refractivity contribution in [3.63, 3.8) is 0 Å². The van der Waals surface area contributed by atoms with Gasteiger partial charge in [0.2, 0.25) is 0 Å². The Bertz CT molecular complexity index is 388. The third-order valence-corrected chi connectivity index (χ3v) is 4.18. The minimum Gasteiger partial charge on any atom is -0.466 e. The van der Waals surface area contributed by atoms with Gasteiger partial charge in [0.25, 0.3) is 0 Å². The molecular formula is C22H43NO4. The summed E-state index contributed by atoms with van der Waals surface area (Å²) in [5, 5.41) is 2.79. The van der Waals surface area contributed by atoms with E-state index < -0.39 is 5.60 Å². The highest BCUT2D eigenvalue weighted by Crippen LogP contribution is 2.11. The van der Waals surface area contributed by atoms with E-state index in [-0.39, 0.29) is 12.1 Å². The van der Waals surface area contributed by atoms with E-state index in [2.05, 4.69) is 19.2 Å². The van der Waals surface area contributed by atoms with Crippen molar-refractivity contribution in [3.8, 4) is 0 Å². The Balaban J connectivity index is 3.27. The van der Waals surface area contributed by atoms with Crippen LogP contribution in [0.15, 0.2) is 0 Å². The van der Waals surface area contributed by atoms with Crippen molar-refractivity contribution in [2.45, 2.75) is 111 Å². The molecule has 5 heteroatoms. The van der Waals surface area contributed by atoms with Crippen molar-refractivity contribution >= 4 is 12.1 Å². The molecule has 0 fully saturated rings.